The van der Waals surface area contributed by atoms with Gasteiger partial charge in [-0.15, -0.1) is 0 Å². The standard InChI is InChI=1S/C10H21N3O2S/c1-9-4-5-11-8-10(9)12-16(14,15)13-6-2-3-7-13/h9-12H,2-8H2,1H3. The zero-order valence-electron chi connectivity index (χ0n) is 9.78. The van der Waals surface area contributed by atoms with Gasteiger partial charge >= 0.3 is 0 Å². The quantitative estimate of drug-likeness (QED) is 0.733. The first-order chi connectivity index (χ1) is 7.59. The Labute approximate surface area is 97.8 Å². The number of rotatable bonds is 3. The van der Waals surface area contributed by atoms with Crippen molar-refractivity contribution in [2.45, 2.75) is 32.2 Å². The third-order valence-electron chi connectivity index (χ3n) is 3.53. The lowest BCUT2D eigenvalue weighted by Gasteiger charge is -2.31. The Hall–Kier alpha value is -0.170. The maximum absolute atomic E-state index is 12.0. The maximum atomic E-state index is 12.0. The summed E-state index contributed by atoms with van der Waals surface area (Å²) in [7, 11) is -3.25. The van der Waals surface area contributed by atoms with E-state index in [2.05, 4.69) is 17.0 Å². The van der Waals surface area contributed by atoms with Gasteiger partial charge in [-0.1, -0.05) is 6.92 Å². The first kappa shape index (κ1) is 12.3. The van der Waals surface area contributed by atoms with Crippen LogP contribution < -0.4 is 10.0 Å². The van der Waals surface area contributed by atoms with E-state index in [4.69, 9.17) is 0 Å². The molecule has 0 amide bonds. The van der Waals surface area contributed by atoms with Crippen molar-refractivity contribution in [3.63, 3.8) is 0 Å². The van der Waals surface area contributed by atoms with Crippen molar-refractivity contribution in [3.05, 3.63) is 0 Å². The average Bonchev–Trinajstić information content (AvgIpc) is 2.75. The molecule has 6 heteroatoms. The molecule has 0 saturated carbocycles. The van der Waals surface area contributed by atoms with Crippen LogP contribution in [0.2, 0.25) is 0 Å². The van der Waals surface area contributed by atoms with Crippen LogP contribution in [0.4, 0.5) is 0 Å². The Balaban J connectivity index is 1.96. The van der Waals surface area contributed by atoms with Crippen LogP contribution in [-0.2, 0) is 10.2 Å². The largest absolute Gasteiger partial charge is 0.315 e. The molecule has 0 aromatic heterocycles. The number of hydrogen-bond acceptors (Lipinski definition) is 3. The minimum Gasteiger partial charge on any atom is -0.315 e. The van der Waals surface area contributed by atoms with E-state index in [9.17, 15) is 8.42 Å². The van der Waals surface area contributed by atoms with Gasteiger partial charge in [-0.25, -0.2) is 0 Å². The molecule has 2 aliphatic rings. The average molecular weight is 247 g/mol. The van der Waals surface area contributed by atoms with E-state index in [1.54, 1.807) is 4.31 Å². The van der Waals surface area contributed by atoms with E-state index in [-0.39, 0.29) is 6.04 Å². The number of nitrogens with zero attached hydrogens (tertiary/aromatic N) is 1. The van der Waals surface area contributed by atoms with Gasteiger partial charge in [0.2, 0.25) is 0 Å². The Bertz CT molecular complexity index is 325. The molecule has 2 saturated heterocycles. The van der Waals surface area contributed by atoms with Crippen LogP contribution in [0.5, 0.6) is 0 Å². The molecule has 2 unspecified atom stereocenters. The highest BCUT2D eigenvalue weighted by atomic mass is 32.2. The van der Waals surface area contributed by atoms with Gasteiger partial charge in [-0.3, -0.25) is 0 Å². The monoisotopic (exact) mass is 247 g/mol. The predicted octanol–water partition coefficient (Wildman–Crippen LogP) is -0.0854. The highest BCUT2D eigenvalue weighted by Gasteiger charge is 2.30. The van der Waals surface area contributed by atoms with E-state index < -0.39 is 10.2 Å². The third kappa shape index (κ3) is 2.74. The van der Waals surface area contributed by atoms with Gasteiger partial charge in [0.05, 0.1) is 0 Å². The predicted molar refractivity (Wildman–Crippen MR) is 63.3 cm³/mol. The van der Waals surface area contributed by atoms with E-state index >= 15 is 0 Å². The minimum atomic E-state index is -3.25. The summed E-state index contributed by atoms with van der Waals surface area (Å²) < 4.78 is 28.5. The van der Waals surface area contributed by atoms with Crippen LogP contribution >= 0.6 is 0 Å². The SMILES string of the molecule is CC1CCNCC1NS(=O)(=O)N1CCCC1. The molecule has 0 spiro atoms. The second kappa shape index (κ2) is 5.00. The summed E-state index contributed by atoms with van der Waals surface area (Å²) in [4.78, 5) is 0. The Morgan fingerprint density at radius 3 is 2.62 bits per heavy atom. The van der Waals surface area contributed by atoms with Gasteiger partial charge in [0.1, 0.15) is 0 Å². The maximum Gasteiger partial charge on any atom is 0.279 e. The normalized spacial score (nSPS) is 33.1. The molecule has 2 atom stereocenters. The molecule has 0 aromatic carbocycles. The fourth-order valence-electron chi connectivity index (χ4n) is 2.34. The van der Waals surface area contributed by atoms with E-state index in [0.717, 1.165) is 32.4 Å². The van der Waals surface area contributed by atoms with Gasteiger partial charge in [-0.05, 0) is 31.7 Å². The summed E-state index contributed by atoms with van der Waals surface area (Å²) in [5.41, 5.74) is 0. The second-order valence-electron chi connectivity index (χ2n) is 4.81. The van der Waals surface area contributed by atoms with Gasteiger partial charge in [0.25, 0.3) is 10.2 Å². The van der Waals surface area contributed by atoms with Crippen molar-refractivity contribution in [1.82, 2.24) is 14.3 Å². The van der Waals surface area contributed by atoms with Crippen LogP contribution in [0.1, 0.15) is 26.2 Å². The minimum absolute atomic E-state index is 0.0411. The number of hydrogen-bond donors (Lipinski definition) is 2. The van der Waals surface area contributed by atoms with Crippen LogP contribution in [0.15, 0.2) is 0 Å². The molecular formula is C10H21N3O2S. The van der Waals surface area contributed by atoms with Gasteiger partial charge in [0.15, 0.2) is 0 Å². The van der Waals surface area contributed by atoms with Crippen molar-refractivity contribution in [2.75, 3.05) is 26.2 Å². The molecule has 0 aromatic rings. The van der Waals surface area contributed by atoms with Crippen LogP contribution in [-0.4, -0.2) is 44.9 Å². The summed E-state index contributed by atoms with van der Waals surface area (Å²) in [5.74, 6) is 0.415. The summed E-state index contributed by atoms with van der Waals surface area (Å²) >= 11 is 0. The van der Waals surface area contributed by atoms with Crippen molar-refractivity contribution in [3.8, 4) is 0 Å². The lowest BCUT2D eigenvalue weighted by molar-refractivity contribution is 0.320. The summed E-state index contributed by atoms with van der Waals surface area (Å²) in [6.07, 6.45) is 3.01. The molecule has 2 aliphatic heterocycles. The Morgan fingerprint density at radius 2 is 2.00 bits per heavy atom. The molecule has 2 fully saturated rings. The first-order valence-electron chi connectivity index (χ1n) is 6.08. The highest BCUT2D eigenvalue weighted by Crippen LogP contribution is 2.16. The lowest BCUT2D eigenvalue weighted by atomic mass is 9.96. The molecule has 2 rings (SSSR count). The zero-order valence-corrected chi connectivity index (χ0v) is 10.6. The van der Waals surface area contributed by atoms with Crippen LogP contribution in [0.3, 0.4) is 0 Å². The molecule has 2 N–H and O–H groups in total. The van der Waals surface area contributed by atoms with Crippen molar-refractivity contribution in [1.29, 1.82) is 0 Å². The van der Waals surface area contributed by atoms with E-state index in [1.807, 2.05) is 0 Å². The smallest absolute Gasteiger partial charge is 0.279 e. The highest BCUT2D eigenvalue weighted by molar-refractivity contribution is 7.87. The Kier molecular flexibility index (Phi) is 3.84. The summed E-state index contributed by atoms with van der Waals surface area (Å²) in [6.45, 7) is 5.18. The molecule has 5 nitrogen and oxygen atoms in total. The fraction of sp³-hybridized carbons (Fsp3) is 1.00. The number of piperidine rings is 1. The topological polar surface area (TPSA) is 61.4 Å². The fourth-order valence-corrected chi connectivity index (χ4v) is 3.93. The number of nitrogens with one attached hydrogen (secondary N) is 2. The van der Waals surface area contributed by atoms with Gasteiger partial charge in [-0.2, -0.15) is 17.4 Å². The van der Waals surface area contributed by atoms with E-state index in [1.165, 1.54) is 0 Å². The molecule has 16 heavy (non-hydrogen) atoms. The first-order valence-corrected chi connectivity index (χ1v) is 7.52. The molecule has 2 heterocycles. The van der Waals surface area contributed by atoms with Crippen LogP contribution in [0.25, 0.3) is 0 Å². The van der Waals surface area contributed by atoms with E-state index in [0.29, 0.717) is 19.0 Å². The zero-order chi connectivity index (χ0) is 11.6. The Morgan fingerprint density at radius 1 is 1.31 bits per heavy atom. The summed E-state index contributed by atoms with van der Waals surface area (Å²) in [5, 5.41) is 3.23. The molecular weight excluding hydrogens is 226 g/mol. The second-order valence-corrected chi connectivity index (χ2v) is 6.51. The van der Waals surface area contributed by atoms with Crippen molar-refractivity contribution in [2.24, 2.45) is 5.92 Å². The van der Waals surface area contributed by atoms with Gasteiger partial charge in [0, 0.05) is 25.7 Å². The molecule has 0 radical (unpaired) electrons. The molecule has 94 valence electrons. The van der Waals surface area contributed by atoms with Gasteiger partial charge < -0.3 is 5.32 Å². The summed E-state index contributed by atoms with van der Waals surface area (Å²) in [6, 6.07) is 0.0411. The van der Waals surface area contributed by atoms with Crippen molar-refractivity contribution < 1.29 is 8.42 Å². The molecule has 0 aliphatic carbocycles. The lowest BCUT2D eigenvalue weighted by Crippen LogP contribution is -2.53. The van der Waals surface area contributed by atoms with Crippen molar-refractivity contribution >= 4 is 10.2 Å². The van der Waals surface area contributed by atoms with Crippen LogP contribution in [0, 0.1) is 5.92 Å². The third-order valence-corrected chi connectivity index (χ3v) is 5.18. The molecule has 0 bridgehead atoms.